The van der Waals surface area contributed by atoms with Crippen LogP contribution in [0.25, 0.3) is 5.76 Å². The minimum atomic E-state index is -1.03. The van der Waals surface area contributed by atoms with Gasteiger partial charge in [0, 0.05) is 16.3 Å². The first-order chi connectivity index (χ1) is 15.8. The van der Waals surface area contributed by atoms with Crippen molar-refractivity contribution in [2.45, 2.75) is 13.0 Å². The molecule has 1 saturated heterocycles. The molecule has 1 aliphatic heterocycles. The van der Waals surface area contributed by atoms with Crippen molar-refractivity contribution in [3.05, 3.63) is 99.3 Å². The molecule has 8 heteroatoms. The summed E-state index contributed by atoms with van der Waals surface area (Å²) < 4.78 is 19.5. The average Bonchev–Trinajstić information content (AvgIpc) is 3.06. The summed E-state index contributed by atoms with van der Waals surface area (Å²) in [6.45, 7) is 2.19. The zero-order chi connectivity index (χ0) is 23.7. The Bertz CT molecular complexity index is 1270. The number of anilines is 1. The van der Waals surface area contributed by atoms with E-state index in [0.717, 1.165) is 11.0 Å². The molecule has 0 saturated carbocycles. The van der Waals surface area contributed by atoms with Crippen LogP contribution in [0.4, 0.5) is 10.1 Å². The van der Waals surface area contributed by atoms with E-state index in [1.54, 1.807) is 37.3 Å². The van der Waals surface area contributed by atoms with Crippen LogP contribution in [0.15, 0.2) is 72.3 Å². The van der Waals surface area contributed by atoms with E-state index in [4.69, 9.17) is 27.9 Å². The molecule has 1 N–H and O–H groups in total. The van der Waals surface area contributed by atoms with Crippen LogP contribution in [0, 0.1) is 5.82 Å². The molecule has 5 nitrogen and oxygen atoms in total. The van der Waals surface area contributed by atoms with Crippen LogP contribution in [0.3, 0.4) is 0 Å². The maximum absolute atomic E-state index is 14.0. The summed E-state index contributed by atoms with van der Waals surface area (Å²) in [5, 5.41) is 11.8. The molecule has 3 aromatic rings. The third kappa shape index (κ3) is 4.32. The van der Waals surface area contributed by atoms with Gasteiger partial charge in [0.1, 0.15) is 17.3 Å². The Balaban J connectivity index is 1.96. The van der Waals surface area contributed by atoms with Crippen molar-refractivity contribution in [1.29, 1.82) is 0 Å². The third-order valence-corrected chi connectivity index (χ3v) is 5.80. The number of amides is 1. The predicted octanol–water partition coefficient (Wildman–Crippen LogP) is 6.16. The maximum atomic E-state index is 14.0. The van der Waals surface area contributed by atoms with Crippen molar-refractivity contribution in [2.75, 3.05) is 11.5 Å². The second kappa shape index (κ2) is 9.25. The Kier molecular flexibility index (Phi) is 6.40. The van der Waals surface area contributed by atoms with E-state index in [-0.39, 0.29) is 21.8 Å². The van der Waals surface area contributed by atoms with Crippen LogP contribution < -0.4 is 9.64 Å². The van der Waals surface area contributed by atoms with Crippen LogP contribution in [-0.2, 0) is 9.59 Å². The van der Waals surface area contributed by atoms with Crippen molar-refractivity contribution >= 4 is 46.3 Å². The van der Waals surface area contributed by atoms with Crippen molar-refractivity contribution in [3.63, 3.8) is 0 Å². The van der Waals surface area contributed by atoms with Crippen LogP contribution in [-0.4, -0.2) is 23.4 Å². The number of hydrogen-bond donors (Lipinski definition) is 1. The average molecular weight is 486 g/mol. The normalized spacial score (nSPS) is 17.5. The largest absolute Gasteiger partial charge is 0.507 e. The number of benzene rings is 3. The summed E-state index contributed by atoms with van der Waals surface area (Å²) in [6.07, 6.45) is 0. The zero-order valence-corrected chi connectivity index (χ0v) is 18.9. The molecule has 0 aliphatic carbocycles. The van der Waals surface area contributed by atoms with Gasteiger partial charge in [-0.1, -0.05) is 41.4 Å². The molecule has 0 bridgehead atoms. The highest BCUT2D eigenvalue weighted by molar-refractivity contribution is 6.52. The molecule has 0 aromatic heterocycles. The fourth-order valence-electron chi connectivity index (χ4n) is 3.77. The van der Waals surface area contributed by atoms with Gasteiger partial charge in [0.2, 0.25) is 0 Å². The van der Waals surface area contributed by atoms with Gasteiger partial charge < -0.3 is 9.84 Å². The van der Waals surface area contributed by atoms with Gasteiger partial charge in [-0.05, 0) is 61.0 Å². The number of hydrogen-bond acceptors (Lipinski definition) is 4. The number of halogens is 3. The molecule has 0 spiro atoms. The molecule has 0 radical (unpaired) electrons. The van der Waals surface area contributed by atoms with Crippen LogP contribution in [0.2, 0.25) is 10.0 Å². The first-order valence-electron chi connectivity index (χ1n) is 10.1. The molecule has 3 aromatic carbocycles. The molecule has 33 heavy (non-hydrogen) atoms. The van der Waals surface area contributed by atoms with Gasteiger partial charge in [0.05, 0.1) is 23.2 Å². The maximum Gasteiger partial charge on any atom is 0.300 e. The SMILES string of the molecule is CCOc1ccc(Cl)c(/C(O)=C2\C(=O)C(=O)N(c3cccc(F)c3)C2c2ccc(Cl)cc2)c1. The van der Waals surface area contributed by atoms with Gasteiger partial charge >= 0.3 is 0 Å². The van der Waals surface area contributed by atoms with Crippen LogP contribution >= 0.6 is 23.2 Å². The Hall–Kier alpha value is -3.35. The fourth-order valence-corrected chi connectivity index (χ4v) is 4.11. The molecule has 1 fully saturated rings. The highest BCUT2D eigenvalue weighted by Crippen LogP contribution is 2.43. The quantitative estimate of drug-likeness (QED) is 0.267. The lowest BCUT2D eigenvalue weighted by atomic mass is 9.95. The second-order valence-corrected chi connectivity index (χ2v) is 8.12. The number of nitrogens with zero attached hydrogens (tertiary/aromatic N) is 1. The van der Waals surface area contributed by atoms with Crippen molar-refractivity contribution in [3.8, 4) is 5.75 Å². The molecule has 1 atom stereocenters. The third-order valence-electron chi connectivity index (χ3n) is 5.22. The lowest BCUT2D eigenvalue weighted by molar-refractivity contribution is -0.132. The first-order valence-corrected chi connectivity index (χ1v) is 10.8. The van der Waals surface area contributed by atoms with Gasteiger partial charge in [-0.3, -0.25) is 14.5 Å². The van der Waals surface area contributed by atoms with Gasteiger partial charge in [0.15, 0.2) is 0 Å². The summed E-state index contributed by atoms with van der Waals surface area (Å²) in [5.41, 5.74) is 0.632. The van der Waals surface area contributed by atoms with E-state index in [1.165, 1.54) is 30.3 Å². The highest BCUT2D eigenvalue weighted by atomic mass is 35.5. The summed E-state index contributed by atoms with van der Waals surface area (Å²) in [4.78, 5) is 27.4. The monoisotopic (exact) mass is 485 g/mol. The lowest BCUT2D eigenvalue weighted by Crippen LogP contribution is -2.29. The Morgan fingerprint density at radius 1 is 1.06 bits per heavy atom. The Labute approximate surface area is 199 Å². The number of ketones is 1. The number of aliphatic hydroxyl groups excluding tert-OH is 1. The van der Waals surface area contributed by atoms with Gasteiger partial charge in [-0.15, -0.1) is 0 Å². The number of aliphatic hydroxyl groups is 1. The van der Waals surface area contributed by atoms with E-state index < -0.39 is 29.3 Å². The van der Waals surface area contributed by atoms with Crippen molar-refractivity contribution in [1.82, 2.24) is 0 Å². The topological polar surface area (TPSA) is 66.8 Å². The number of rotatable bonds is 5. The van der Waals surface area contributed by atoms with Gasteiger partial charge in [-0.25, -0.2) is 4.39 Å². The van der Waals surface area contributed by atoms with E-state index in [9.17, 15) is 19.1 Å². The lowest BCUT2D eigenvalue weighted by Gasteiger charge is -2.25. The number of Topliss-reactive ketones (excluding diaryl/α,β-unsaturated/α-hetero) is 1. The molecular weight excluding hydrogens is 468 g/mol. The molecule has 1 aliphatic rings. The summed E-state index contributed by atoms with van der Waals surface area (Å²) in [7, 11) is 0. The molecular formula is C25H18Cl2FNO4. The molecule has 1 amide bonds. The minimum Gasteiger partial charge on any atom is -0.507 e. The van der Waals surface area contributed by atoms with Gasteiger partial charge in [0.25, 0.3) is 11.7 Å². The molecule has 4 rings (SSSR count). The molecule has 1 unspecified atom stereocenters. The number of carbonyl (C=O) groups excluding carboxylic acids is 2. The Morgan fingerprint density at radius 2 is 1.79 bits per heavy atom. The molecule has 1 heterocycles. The zero-order valence-electron chi connectivity index (χ0n) is 17.4. The van der Waals surface area contributed by atoms with E-state index in [1.807, 2.05) is 0 Å². The predicted molar refractivity (Wildman–Crippen MR) is 125 cm³/mol. The smallest absolute Gasteiger partial charge is 0.300 e. The summed E-state index contributed by atoms with van der Waals surface area (Å²) >= 11 is 12.3. The van der Waals surface area contributed by atoms with Crippen LogP contribution in [0.1, 0.15) is 24.1 Å². The highest BCUT2D eigenvalue weighted by Gasteiger charge is 2.47. The number of ether oxygens (including phenoxy) is 1. The standard InChI is InChI=1S/C25H18Cl2FNO4/c1-2-33-18-10-11-20(27)19(13-18)23(30)21-22(14-6-8-15(26)9-7-14)29(25(32)24(21)31)17-5-3-4-16(28)12-17/h3-13,22,30H,2H2,1H3/b23-21+. The Morgan fingerprint density at radius 3 is 2.45 bits per heavy atom. The van der Waals surface area contributed by atoms with E-state index >= 15 is 0 Å². The van der Waals surface area contributed by atoms with Gasteiger partial charge in [-0.2, -0.15) is 0 Å². The fraction of sp³-hybridized carbons (Fsp3) is 0.120. The molecule has 168 valence electrons. The van der Waals surface area contributed by atoms with E-state index in [0.29, 0.717) is 22.9 Å². The first kappa shape index (κ1) is 22.8. The number of carbonyl (C=O) groups is 2. The van der Waals surface area contributed by atoms with Crippen LogP contribution in [0.5, 0.6) is 5.75 Å². The van der Waals surface area contributed by atoms with Crippen molar-refractivity contribution < 1.29 is 23.8 Å². The summed E-state index contributed by atoms with van der Waals surface area (Å²) in [6, 6.07) is 15.4. The van der Waals surface area contributed by atoms with Crippen molar-refractivity contribution in [2.24, 2.45) is 0 Å². The second-order valence-electron chi connectivity index (χ2n) is 7.28. The minimum absolute atomic E-state index is 0.138. The summed E-state index contributed by atoms with van der Waals surface area (Å²) in [5.74, 6) is -2.42. The van der Waals surface area contributed by atoms with E-state index in [2.05, 4.69) is 0 Å².